The van der Waals surface area contributed by atoms with E-state index in [1.807, 2.05) is 0 Å². The average molecular weight is 437 g/mol. The fourth-order valence-corrected chi connectivity index (χ4v) is 2.26. The molecular weight excluding hydrogens is 406 g/mol. The molecule has 0 aromatic heterocycles. The molecule has 9 heteroatoms. The van der Waals surface area contributed by atoms with E-state index in [0.29, 0.717) is 5.56 Å². The van der Waals surface area contributed by atoms with Crippen molar-refractivity contribution in [3.8, 4) is 11.5 Å². The second-order valence-electron chi connectivity index (χ2n) is 7.28. The maximum absolute atomic E-state index is 12.3. The summed E-state index contributed by atoms with van der Waals surface area (Å²) in [5.41, 5.74) is 6.53. The molecule has 0 radical (unpaired) electrons. The number of hydrogen-bond donors (Lipinski definition) is 1. The van der Waals surface area contributed by atoms with Crippen LogP contribution in [0.5, 0.6) is 11.5 Å². The predicted octanol–water partition coefficient (Wildman–Crippen LogP) is 2.32. The zero-order valence-corrected chi connectivity index (χ0v) is 18.6. The third-order valence-electron chi connectivity index (χ3n) is 4.04. The monoisotopic (exact) mass is 437 g/mol. The van der Waals surface area contributed by atoms with E-state index >= 15 is 0 Å². The van der Waals surface area contributed by atoms with E-state index < -0.39 is 30.1 Å². The van der Waals surface area contributed by atoms with Crippen molar-refractivity contribution in [1.29, 1.82) is 0 Å². The molecule has 0 aliphatic rings. The minimum absolute atomic E-state index is 0.0654. The summed E-state index contributed by atoms with van der Waals surface area (Å²) in [4.78, 5) is 47.1. The number of rotatable bonds is 11. The van der Waals surface area contributed by atoms with Crippen LogP contribution in [0.2, 0.25) is 0 Å². The van der Waals surface area contributed by atoms with Crippen LogP contribution in [0.1, 0.15) is 53.0 Å². The second kappa shape index (κ2) is 12.7. The number of esters is 4. The van der Waals surface area contributed by atoms with Gasteiger partial charge in [0.25, 0.3) is 0 Å². The number of benzene rings is 1. The van der Waals surface area contributed by atoms with Crippen LogP contribution in [0.15, 0.2) is 18.2 Å². The van der Waals surface area contributed by atoms with E-state index in [1.54, 1.807) is 40.7 Å². The van der Waals surface area contributed by atoms with Gasteiger partial charge in [-0.15, -0.1) is 0 Å². The lowest BCUT2D eigenvalue weighted by molar-refractivity contribution is -0.160. The molecule has 1 rings (SSSR count). The molecule has 0 saturated heterocycles. The van der Waals surface area contributed by atoms with Crippen molar-refractivity contribution in [3.05, 3.63) is 23.8 Å². The molecule has 2 atom stereocenters. The van der Waals surface area contributed by atoms with Crippen LogP contribution in [-0.2, 0) is 35.1 Å². The summed E-state index contributed by atoms with van der Waals surface area (Å²) in [5, 5.41) is 0. The van der Waals surface area contributed by atoms with Crippen molar-refractivity contribution in [2.75, 3.05) is 6.61 Å². The zero-order valence-electron chi connectivity index (χ0n) is 18.6. The Kier molecular flexibility index (Phi) is 10.7. The highest BCUT2D eigenvalue weighted by Gasteiger charge is 2.21. The van der Waals surface area contributed by atoms with Gasteiger partial charge in [0.05, 0.1) is 5.92 Å². The molecule has 1 aromatic rings. The highest BCUT2D eigenvalue weighted by atomic mass is 16.6. The van der Waals surface area contributed by atoms with Crippen molar-refractivity contribution < 1.29 is 38.1 Å². The van der Waals surface area contributed by atoms with Crippen LogP contribution >= 0.6 is 0 Å². The Labute approximate surface area is 182 Å². The van der Waals surface area contributed by atoms with Crippen LogP contribution in [-0.4, -0.2) is 42.6 Å². The summed E-state index contributed by atoms with van der Waals surface area (Å²) in [7, 11) is 0. The smallest absolute Gasteiger partial charge is 0.323 e. The van der Waals surface area contributed by atoms with Crippen LogP contribution in [0, 0.1) is 5.92 Å². The summed E-state index contributed by atoms with van der Waals surface area (Å²) >= 11 is 0. The van der Waals surface area contributed by atoms with Crippen LogP contribution < -0.4 is 15.2 Å². The van der Waals surface area contributed by atoms with E-state index in [9.17, 15) is 19.2 Å². The summed E-state index contributed by atoms with van der Waals surface area (Å²) in [5.74, 6) is -2.13. The highest BCUT2D eigenvalue weighted by Crippen LogP contribution is 2.30. The first-order valence-electron chi connectivity index (χ1n) is 10.2. The Hall–Kier alpha value is -2.94. The maximum Gasteiger partial charge on any atom is 0.323 e. The molecule has 1 aromatic carbocycles. The molecule has 0 aliphatic carbocycles. The quantitative estimate of drug-likeness (QED) is 0.409. The topological polar surface area (TPSA) is 131 Å². The largest absolute Gasteiger partial charge is 0.462 e. The zero-order chi connectivity index (χ0) is 23.6. The van der Waals surface area contributed by atoms with Gasteiger partial charge >= 0.3 is 23.9 Å². The van der Waals surface area contributed by atoms with Gasteiger partial charge in [-0.3, -0.25) is 19.2 Å². The first-order chi connectivity index (χ1) is 14.6. The van der Waals surface area contributed by atoms with E-state index in [4.69, 9.17) is 24.7 Å². The van der Waals surface area contributed by atoms with Gasteiger partial charge in [-0.25, -0.2) is 0 Å². The first-order valence-corrected chi connectivity index (χ1v) is 10.2. The average Bonchev–Trinajstić information content (AvgIpc) is 2.73. The molecule has 2 N–H and O–H groups in total. The van der Waals surface area contributed by atoms with Crippen LogP contribution in [0.4, 0.5) is 0 Å². The normalized spacial score (nSPS) is 12.6. The SMILES string of the molecule is CCC(=O)Oc1ccc(C[C@H](N)C(=O)O[C@@H](C)COC(=O)C(C)C)cc1OC(=O)CC. The van der Waals surface area contributed by atoms with E-state index in [2.05, 4.69) is 0 Å². The van der Waals surface area contributed by atoms with Gasteiger partial charge in [0.15, 0.2) is 11.5 Å². The fraction of sp³-hybridized carbons (Fsp3) is 0.545. The predicted molar refractivity (Wildman–Crippen MR) is 111 cm³/mol. The molecule has 0 saturated carbocycles. The molecule has 31 heavy (non-hydrogen) atoms. The lowest BCUT2D eigenvalue weighted by atomic mass is 10.1. The van der Waals surface area contributed by atoms with Crippen molar-refractivity contribution in [3.63, 3.8) is 0 Å². The third-order valence-corrected chi connectivity index (χ3v) is 4.04. The molecule has 172 valence electrons. The molecular formula is C22H31NO8. The molecule has 0 spiro atoms. The minimum atomic E-state index is -0.998. The highest BCUT2D eigenvalue weighted by molar-refractivity contribution is 5.77. The van der Waals surface area contributed by atoms with Gasteiger partial charge in [-0.2, -0.15) is 0 Å². The molecule has 0 amide bonds. The number of nitrogens with two attached hydrogens (primary N) is 1. The Morgan fingerprint density at radius 3 is 2.03 bits per heavy atom. The molecule has 0 heterocycles. The van der Waals surface area contributed by atoms with Gasteiger partial charge < -0.3 is 24.7 Å². The standard InChI is InChI=1S/C22H31NO8/c1-6-19(24)30-17-9-8-15(11-18(17)31-20(25)7-2)10-16(23)22(27)29-14(5)12-28-21(26)13(3)4/h8-9,11,13-14,16H,6-7,10,12,23H2,1-5H3/t14-,16-/m0/s1. The Balaban J connectivity index is 2.79. The van der Waals surface area contributed by atoms with Crippen molar-refractivity contribution >= 4 is 23.9 Å². The lowest BCUT2D eigenvalue weighted by Crippen LogP contribution is -2.37. The number of carbonyl (C=O) groups excluding carboxylic acids is 4. The summed E-state index contributed by atoms with van der Waals surface area (Å²) < 4.78 is 20.7. The van der Waals surface area contributed by atoms with Crippen molar-refractivity contribution in [2.45, 2.75) is 66.0 Å². The van der Waals surface area contributed by atoms with Crippen LogP contribution in [0.25, 0.3) is 0 Å². The Morgan fingerprint density at radius 1 is 0.903 bits per heavy atom. The number of ether oxygens (including phenoxy) is 4. The minimum Gasteiger partial charge on any atom is -0.462 e. The molecule has 9 nitrogen and oxygen atoms in total. The summed E-state index contributed by atoms with van der Waals surface area (Å²) in [6.07, 6.45) is -0.269. The van der Waals surface area contributed by atoms with Gasteiger partial charge in [0.2, 0.25) is 0 Å². The molecule has 0 unspecified atom stereocenters. The van der Waals surface area contributed by atoms with Gasteiger partial charge in [-0.1, -0.05) is 33.8 Å². The van der Waals surface area contributed by atoms with Gasteiger partial charge in [0.1, 0.15) is 18.8 Å². The summed E-state index contributed by atoms with van der Waals surface area (Å²) in [6, 6.07) is 3.59. The van der Waals surface area contributed by atoms with E-state index in [-0.39, 0.29) is 49.3 Å². The van der Waals surface area contributed by atoms with Gasteiger partial charge in [0, 0.05) is 12.8 Å². The molecule has 0 aliphatic heterocycles. The summed E-state index contributed by atoms with van der Waals surface area (Å²) in [6.45, 7) is 8.21. The maximum atomic E-state index is 12.3. The van der Waals surface area contributed by atoms with Crippen LogP contribution in [0.3, 0.4) is 0 Å². The third kappa shape index (κ3) is 9.17. The second-order valence-corrected chi connectivity index (χ2v) is 7.28. The van der Waals surface area contributed by atoms with Crippen molar-refractivity contribution in [2.24, 2.45) is 11.7 Å². The first kappa shape index (κ1) is 26.1. The Bertz CT molecular complexity index is 790. The number of hydrogen-bond acceptors (Lipinski definition) is 9. The Morgan fingerprint density at radius 2 is 1.48 bits per heavy atom. The van der Waals surface area contributed by atoms with Crippen molar-refractivity contribution in [1.82, 2.24) is 0 Å². The fourth-order valence-electron chi connectivity index (χ4n) is 2.26. The van der Waals surface area contributed by atoms with E-state index in [1.165, 1.54) is 12.1 Å². The number of carbonyl (C=O) groups is 4. The molecule has 0 fully saturated rings. The van der Waals surface area contributed by atoms with Gasteiger partial charge in [-0.05, 0) is 31.0 Å². The lowest BCUT2D eigenvalue weighted by Gasteiger charge is -2.18. The molecule has 0 bridgehead atoms. The van der Waals surface area contributed by atoms with E-state index in [0.717, 1.165) is 0 Å².